The maximum Gasteiger partial charge on any atom is 0.229 e. The minimum atomic E-state index is -0.437. The monoisotopic (exact) mass is 430 g/mol. The van der Waals surface area contributed by atoms with Gasteiger partial charge in [-0.3, -0.25) is 9.59 Å². The second-order valence-electron chi connectivity index (χ2n) is 7.87. The number of ether oxygens (including phenoxy) is 2. The molecule has 1 N–H and O–H groups in total. The molecule has 3 aromatic rings. The lowest BCUT2D eigenvalue weighted by molar-refractivity contribution is -0.122. The Balaban J connectivity index is 1.43. The minimum absolute atomic E-state index is 0.0697. The van der Waals surface area contributed by atoms with E-state index < -0.39 is 5.92 Å². The van der Waals surface area contributed by atoms with Crippen molar-refractivity contribution in [1.82, 2.24) is 0 Å². The number of anilines is 2. The van der Waals surface area contributed by atoms with Gasteiger partial charge in [0.1, 0.15) is 18.1 Å². The van der Waals surface area contributed by atoms with Gasteiger partial charge in [0.05, 0.1) is 18.7 Å². The molecule has 164 valence electrons. The Bertz CT molecular complexity index is 1100. The molecule has 1 atom stereocenters. The highest BCUT2D eigenvalue weighted by atomic mass is 16.5. The molecular weight excluding hydrogens is 404 g/mol. The molecule has 32 heavy (non-hydrogen) atoms. The number of rotatable bonds is 7. The Morgan fingerprint density at radius 1 is 1.06 bits per heavy atom. The van der Waals surface area contributed by atoms with Crippen LogP contribution in [0.1, 0.15) is 17.5 Å². The molecule has 0 spiro atoms. The molecule has 0 aromatic heterocycles. The summed E-state index contributed by atoms with van der Waals surface area (Å²) in [5.74, 6) is 0.631. The molecule has 1 unspecified atom stereocenters. The van der Waals surface area contributed by atoms with Crippen molar-refractivity contribution < 1.29 is 19.1 Å². The number of nitrogens with one attached hydrogen (secondary N) is 1. The molecule has 1 heterocycles. The van der Waals surface area contributed by atoms with Crippen molar-refractivity contribution in [3.8, 4) is 11.5 Å². The zero-order valence-corrected chi connectivity index (χ0v) is 18.2. The van der Waals surface area contributed by atoms with E-state index in [1.54, 1.807) is 24.1 Å². The fraction of sp³-hybridized carbons (Fsp3) is 0.231. The van der Waals surface area contributed by atoms with Crippen molar-refractivity contribution in [2.75, 3.05) is 23.9 Å². The first-order chi connectivity index (χ1) is 15.5. The highest BCUT2D eigenvalue weighted by Gasteiger charge is 2.35. The van der Waals surface area contributed by atoms with Gasteiger partial charge in [-0.15, -0.1) is 0 Å². The summed E-state index contributed by atoms with van der Waals surface area (Å²) >= 11 is 0. The molecule has 1 saturated heterocycles. The molecule has 0 saturated carbocycles. The minimum Gasteiger partial charge on any atom is -0.497 e. The number of carbonyl (C=O) groups is 2. The van der Waals surface area contributed by atoms with E-state index in [1.807, 2.05) is 67.6 Å². The fourth-order valence-corrected chi connectivity index (χ4v) is 3.72. The van der Waals surface area contributed by atoms with Gasteiger partial charge in [0.15, 0.2) is 0 Å². The molecule has 6 heteroatoms. The highest BCUT2D eigenvalue weighted by Crippen LogP contribution is 2.30. The van der Waals surface area contributed by atoms with Crippen LogP contribution in [0.25, 0.3) is 0 Å². The number of aryl methyl sites for hydroxylation is 1. The van der Waals surface area contributed by atoms with Crippen LogP contribution in [-0.4, -0.2) is 25.5 Å². The summed E-state index contributed by atoms with van der Waals surface area (Å²) < 4.78 is 11.2. The van der Waals surface area contributed by atoms with Crippen molar-refractivity contribution in [3.05, 3.63) is 83.9 Å². The summed E-state index contributed by atoms with van der Waals surface area (Å²) in [6, 6.07) is 22.8. The van der Waals surface area contributed by atoms with Gasteiger partial charge in [0.25, 0.3) is 0 Å². The Morgan fingerprint density at radius 3 is 2.53 bits per heavy atom. The summed E-state index contributed by atoms with van der Waals surface area (Å²) in [5.41, 5.74) is 3.44. The van der Waals surface area contributed by atoms with Crippen LogP contribution in [0.3, 0.4) is 0 Å². The van der Waals surface area contributed by atoms with Crippen molar-refractivity contribution in [2.45, 2.75) is 20.0 Å². The summed E-state index contributed by atoms with van der Waals surface area (Å²) in [4.78, 5) is 27.2. The van der Waals surface area contributed by atoms with Crippen LogP contribution in [0, 0.1) is 12.8 Å². The van der Waals surface area contributed by atoms with E-state index in [2.05, 4.69) is 5.32 Å². The van der Waals surface area contributed by atoms with Crippen LogP contribution in [-0.2, 0) is 16.2 Å². The molecule has 4 rings (SSSR count). The number of methoxy groups -OCH3 is 1. The first-order valence-corrected chi connectivity index (χ1v) is 10.6. The van der Waals surface area contributed by atoms with Crippen molar-refractivity contribution >= 4 is 23.2 Å². The largest absolute Gasteiger partial charge is 0.497 e. The van der Waals surface area contributed by atoms with Crippen LogP contribution in [0.15, 0.2) is 72.8 Å². The molecule has 6 nitrogen and oxygen atoms in total. The topological polar surface area (TPSA) is 67.9 Å². The van der Waals surface area contributed by atoms with E-state index in [0.717, 1.165) is 22.6 Å². The van der Waals surface area contributed by atoms with Crippen LogP contribution in [0.2, 0.25) is 0 Å². The molecule has 1 aliphatic rings. The normalized spacial score (nSPS) is 15.5. The molecule has 1 aliphatic heterocycles. The van der Waals surface area contributed by atoms with Crippen molar-refractivity contribution in [2.24, 2.45) is 5.92 Å². The van der Waals surface area contributed by atoms with Gasteiger partial charge in [0.2, 0.25) is 11.8 Å². The Hall–Kier alpha value is -3.80. The zero-order chi connectivity index (χ0) is 22.5. The molecular formula is C26H26N2O4. The van der Waals surface area contributed by atoms with Gasteiger partial charge in [0, 0.05) is 18.7 Å². The average Bonchev–Trinajstić information content (AvgIpc) is 3.21. The van der Waals surface area contributed by atoms with Crippen LogP contribution >= 0.6 is 0 Å². The third-order valence-electron chi connectivity index (χ3n) is 5.51. The SMILES string of the molecule is COc1ccc(N2CC(C(=O)Nc3ccc(C)cc3OCc3ccccc3)CC2=O)cc1. The molecule has 2 amide bonds. The van der Waals surface area contributed by atoms with Crippen molar-refractivity contribution in [3.63, 3.8) is 0 Å². The second-order valence-corrected chi connectivity index (χ2v) is 7.87. The third kappa shape index (κ3) is 4.91. The van der Waals surface area contributed by atoms with Crippen molar-refractivity contribution in [1.29, 1.82) is 0 Å². The Labute approximate surface area is 187 Å². The molecule has 3 aromatic carbocycles. The standard InChI is InChI=1S/C26H26N2O4/c1-18-8-13-23(24(14-18)32-17-19-6-4-3-5-7-19)27-26(30)20-15-25(29)28(16-20)21-9-11-22(31-2)12-10-21/h3-14,20H,15-17H2,1-2H3,(H,27,30). The first-order valence-electron chi connectivity index (χ1n) is 10.6. The molecule has 1 fully saturated rings. The van der Waals surface area contributed by atoms with Gasteiger partial charge in [-0.25, -0.2) is 0 Å². The van der Waals surface area contributed by atoms with E-state index in [0.29, 0.717) is 24.6 Å². The number of benzene rings is 3. The van der Waals surface area contributed by atoms with Crippen LogP contribution in [0.4, 0.5) is 11.4 Å². The van der Waals surface area contributed by atoms with E-state index in [9.17, 15) is 9.59 Å². The lowest BCUT2D eigenvalue weighted by Crippen LogP contribution is -2.28. The second kappa shape index (κ2) is 9.56. The predicted octanol–water partition coefficient (Wildman–Crippen LogP) is 4.57. The zero-order valence-electron chi connectivity index (χ0n) is 18.2. The predicted molar refractivity (Wildman–Crippen MR) is 124 cm³/mol. The van der Waals surface area contributed by atoms with Gasteiger partial charge in [-0.05, 0) is 54.4 Å². The number of hydrogen-bond donors (Lipinski definition) is 1. The maximum atomic E-state index is 13.0. The summed E-state index contributed by atoms with van der Waals surface area (Å²) in [5, 5.41) is 2.96. The van der Waals surface area contributed by atoms with Crippen LogP contribution in [0.5, 0.6) is 11.5 Å². The molecule has 0 bridgehead atoms. The average molecular weight is 431 g/mol. The Kier molecular flexibility index (Phi) is 6.40. The number of carbonyl (C=O) groups excluding carboxylic acids is 2. The summed E-state index contributed by atoms with van der Waals surface area (Å²) in [6.07, 6.45) is 0.171. The first kappa shape index (κ1) is 21.4. The lowest BCUT2D eigenvalue weighted by Gasteiger charge is -2.18. The smallest absolute Gasteiger partial charge is 0.229 e. The Morgan fingerprint density at radius 2 is 1.81 bits per heavy atom. The number of nitrogens with zero attached hydrogens (tertiary/aromatic N) is 1. The summed E-state index contributed by atoms with van der Waals surface area (Å²) in [7, 11) is 1.60. The fourth-order valence-electron chi connectivity index (χ4n) is 3.72. The maximum absolute atomic E-state index is 13.0. The highest BCUT2D eigenvalue weighted by molar-refractivity contribution is 6.04. The third-order valence-corrected chi connectivity index (χ3v) is 5.51. The molecule has 0 aliphatic carbocycles. The number of hydrogen-bond acceptors (Lipinski definition) is 4. The van der Waals surface area contributed by atoms with E-state index in [4.69, 9.17) is 9.47 Å². The van der Waals surface area contributed by atoms with Gasteiger partial charge in [-0.1, -0.05) is 36.4 Å². The quantitative estimate of drug-likeness (QED) is 0.596. The van der Waals surface area contributed by atoms with Gasteiger partial charge in [-0.2, -0.15) is 0 Å². The summed E-state index contributed by atoms with van der Waals surface area (Å²) in [6.45, 7) is 2.72. The number of amides is 2. The lowest BCUT2D eigenvalue weighted by atomic mass is 10.1. The van der Waals surface area contributed by atoms with Gasteiger partial charge >= 0.3 is 0 Å². The van der Waals surface area contributed by atoms with E-state index in [-0.39, 0.29) is 18.2 Å². The van der Waals surface area contributed by atoms with Crippen LogP contribution < -0.4 is 19.7 Å². The molecule has 0 radical (unpaired) electrons. The van der Waals surface area contributed by atoms with E-state index >= 15 is 0 Å². The van der Waals surface area contributed by atoms with Gasteiger partial charge < -0.3 is 19.7 Å². The van der Waals surface area contributed by atoms with E-state index in [1.165, 1.54) is 0 Å².